The molecule has 22 heavy (non-hydrogen) atoms. The first-order chi connectivity index (χ1) is 10.6. The quantitative estimate of drug-likeness (QED) is 0.926. The molecule has 3 rings (SSSR count). The highest BCUT2D eigenvalue weighted by molar-refractivity contribution is 7.93. The molecule has 0 bridgehead atoms. The zero-order valence-electron chi connectivity index (χ0n) is 11.7. The van der Waals surface area contributed by atoms with E-state index in [2.05, 4.69) is 15.8 Å². The van der Waals surface area contributed by atoms with Gasteiger partial charge in [-0.3, -0.25) is 4.72 Å². The van der Waals surface area contributed by atoms with Crippen LogP contribution in [0.25, 0.3) is 0 Å². The number of nitriles is 1. The molecule has 0 spiro atoms. The first-order valence-corrected chi connectivity index (χ1v) is 8.31. The fourth-order valence-corrected chi connectivity index (χ4v) is 3.68. The Morgan fingerprint density at radius 2 is 1.91 bits per heavy atom. The molecule has 7 heteroatoms. The van der Waals surface area contributed by atoms with Gasteiger partial charge in [0.2, 0.25) is 10.0 Å². The van der Waals surface area contributed by atoms with Crippen molar-refractivity contribution in [2.75, 3.05) is 22.7 Å². The zero-order valence-corrected chi connectivity index (χ0v) is 12.5. The van der Waals surface area contributed by atoms with Crippen molar-refractivity contribution in [2.45, 2.75) is 5.25 Å². The molecule has 6 nitrogen and oxygen atoms in total. The molecule has 112 valence electrons. The maximum absolute atomic E-state index is 12.3. The molecule has 0 unspecified atom stereocenters. The van der Waals surface area contributed by atoms with E-state index in [1.54, 1.807) is 47.5 Å². The van der Waals surface area contributed by atoms with Crippen LogP contribution in [0.5, 0.6) is 0 Å². The van der Waals surface area contributed by atoms with Gasteiger partial charge < -0.3 is 4.90 Å². The average Bonchev–Trinajstić information content (AvgIpc) is 2.46. The second kappa shape index (κ2) is 5.66. The Morgan fingerprint density at radius 1 is 1.18 bits per heavy atom. The molecule has 0 atom stereocenters. The molecule has 1 aliphatic rings. The number of rotatable bonds is 4. The number of aromatic nitrogens is 1. The van der Waals surface area contributed by atoms with Gasteiger partial charge in [-0.1, -0.05) is 18.2 Å². The Balaban J connectivity index is 1.69. The summed E-state index contributed by atoms with van der Waals surface area (Å²) in [5.74, 6) is 0.538. The van der Waals surface area contributed by atoms with E-state index in [1.165, 1.54) is 0 Å². The van der Waals surface area contributed by atoms with Gasteiger partial charge in [-0.2, -0.15) is 5.26 Å². The van der Waals surface area contributed by atoms with E-state index in [1.807, 2.05) is 6.07 Å². The summed E-state index contributed by atoms with van der Waals surface area (Å²) in [6.45, 7) is 0.654. The number of hydrogen-bond donors (Lipinski definition) is 1. The van der Waals surface area contributed by atoms with Crippen LogP contribution in [0.2, 0.25) is 0 Å². The normalized spacial score (nSPS) is 15.0. The van der Waals surface area contributed by atoms with Crippen LogP contribution in [0, 0.1) is 11.3 Å². The zero-order chi connectivity index (χ0) is 15.6. The van der Waals surface area contributed by atoms with Gasteiger partial charge in [0.05, 0.1) is 5.56 Å². The van der Waals surface area contributed by atoms with E-state index in [4.69, 9.17) is 5.26 Å². The summed E-state index contributed by atoms with van der Waals surface area (Å²) < 4.78 is 27.2. The summed E-state index contributed by atoms with van der Waals surface area (Å²) in [7, 11) is -3.44. The molecule has 2 heterocycles. The smallest absolute Gasteiger partial charge is 0.239 e. The van der Waals surface area contributed by atoms with Gasteiger partial charge in [-0.15, -0.1) is 0 Å². The fraction of sp³-hybridized carbons (Fsp3) is 0.200. The molecule has 1 aromatic carbocycles. The van der Waals surface area contributed by atoms with Crippen molar-refractivity contribution in [3.05, 3.63) is 54.2 Å². The van der Waals surface area contributed by atoms with Crippen LogP contribution >= 0.6 is 0 Å². The van der Waals surface area contributed by atoms with Gasteiger partial charge >= 0.3 is 0 Å². The Labute approximate surface area is 129 Å². The van der Waals surface area contributed by atoms with Crippen molar-refractivity contribution in [3.63, 3.8) is 0 Å². The van der Waals surface area contributed by atoms with Crippen LogP contribution < -0.4 is 9.62 Å². The van der Waals surface area contributed by atoms with Crippen molar-refractivity contribution in [1.82, 2.24) is 4.98 Å². The van der Waals surface area contributed by atoms with Gasteiger partial charge in [0.25, 0.3) is 0 Å². The lowest BCUT2D eigenvalue weighted by atomic mass is 10.1. The number of anilines is 2. The lowest BCUT2D eigenvalue weighted by Crippen LogP contribution is -2.56. The summed E-state index contributed by atoms with van der Waals surface area (Å²) in [6, 6.07) is 14.2. The molecule has 1 aliphatic heterocycles. The van der Waals surface area contributed by atoms with Gasteiger partial charge in [0, 0.05) is 25.0 Å². The minimum atomic E-state index is -3.44. The Hall–Kier alpha value is -2.59. The number of nitrogens with one attached hydrogen (secondary N) is 1. The summed E-state index contributed by atoms with van der Waals surface area (Å²) >= 11 is 0. The standard InChI is InChI=1S/C15H14N4O2S/c16-9-12-5-4-8-17-15(12)19-10-14(11-19)22(20,21)18-13-6-2-1-3-7-13/h1-8,14,18H,10-11H2. The highest BCUT2D eigenvalue weighted by atomic mass is 32.2. The van der Waals surface area contributed by atoms with E-state index in [0.717, 1.165) is 0 Å². The number of sulfonamides is 1. The van der Waals surface area contributed by atoms with Crippen molar-refractivity contribution < 1.29 is 8.42 Å². The van der Waals surface area contributed by atoms with Crippen molar-refractivity contribution in [3.8, 4) is 6.07 Å². The van der Waals surface area contributed by atoms with E-state index in [9.17, 15) is 8.42 Å². The van der Waals surface area contributed by atoms with Crippen LogP contribution in [0.15, 0.2) is 48.7 Å². The summed E-state index contributed by atoms with van der Waals surface area (Å²) in [6.07, 6.45) is 1.60. The Morgan fingerprint density at radius 3 is 2.59 bits per heavy atom. The predicted octanol–water partition coefficient (Wildman–Crippen LogP) is 1.58. The SMILES string of the molecule is N#Cc1cccnc1N1CC(S(=O)(=O)Nc2ccccc2)C1. The highest BCUT2D eigenvalue weighted by Gasteiger charge is 2.38. The second-order valence-electron chi connectivity index (χ2n) is 5.03. The third-order valence-electron chi connectivity index (χ3n) is 3.53. The second-order valence-corrected chi connectivity index (χ2v) is 6.99. The van der Waals surface area contributed by atoms with Crippen LogP contribution in [-0.2, 0) is 10.0 Å². The van der Waals surface area contributed by atoms with E-state index in [0.29, 0.717) is 30.2 Å². The third-order valence-corrected chi connectivity index (χ3v) is 5.22. The van der Waals surface area contributed by atoms with Gasteiger partial charge in [-0.25, -0.2) is 13.4 Å². The van der Waals surface area contributed by atoms with Crippen LogP contribution in [0.1, 0.15) is 5.56 Å². The topological polar surface area (TPSA) is 86.1 Å². The van der Waals surface area contributed by atoms with Gasteiger partial charge in [-0.05, 0) is 24.3 Å². The molecular formula is C15H14N4O2S. The van der Waals surface area contributed by atoms with E-state index >= 15 is 0 Å². The molecule has 1 saturated heterocycles. The molecule has 0 radical (unpaired) electrons. The maximum Gasteiger partial charge on any atom is 0.239 e. The molecule has 1 aromatic heterocycles. The van der Waals surface area contributed by atoms with Crippen LogP contribution in [-0.4, -0.2) is 31.7 Å². The fourth-order valence-electron chi connectivity index (χ4n) is 2.30. The molecule has 0 aliphatic carbocycles. The number of para-hydroxylation sites is 1. The number of nitrogens with zero attached hydrogens (tertiary/aromatic N) is 3. The Kier molecular flexibility index (Phi) is 3.69. The molecule has 1 fully saturated rings. The largest absolute Gasteiger partial charge is 0.353 e. The predicted molar refractivity (Wildman–Crippen MR) is 83.9 cm³/mol. The first-order valence-electron chi connectivity index (χ1n) is 6.77. The van der Waals surface area contributed by atoms with Crippen LogP contribution in [0.3, 0.4) is 0 Å². The number of benzene rings is 1. The minimum absolute atomic E-state index is 0.327. The average molecular weight is 314 g/mol. The molecule has 1 N–H and O–H groups in total. The monoisotopic (exact) mass is 314 g/mol. The summed E-state index contributed by atoms with van der Waals surface area (Å²) in [4.78, 5) is 5.96. The number of hydrogen-bond acceptors (Lipinski definition) is 5. The summed E-state index contributed by atoms with van der Waals surface area (Å²) in [5, 5.41) is 8.55. The van der Waals surface area contributed by atoms with E-state index < -0.39 is 15.3 Å². The van der Waals surface area contributed by atoms with Crippen LogP contribution in [0.4, 0.5) is 11.5 Å². The van der Waals surface area contributed by atoms with Gasteiger partial charge in [0.1, 0.15) is 17.1 Å². The summed E-state index contributed by atoms with van der Waals surface area (Å²) in [5.41, 5.74) is 1.01. The van der Waals surface area contributed by atoms with Crippen molar-refractivity contribution in [2.24, 2.45) is 0 Å². The van der Waals surface area contributed by atoms with Crippen molar-refractivity contribution in [1.29, 1.82) is 5.26 Å². The lowest BCUT2D eigenvalue weighted by molar-refractivity contribution is 0.543. The first kappa shape index (κ1) is 14.4. The number of pyridine rings is 1. The molecule has 0 amide bonds. The minimum Gasteiger partial charge on any atom is -0.353 e. The highest BCUT2D eigenvalue weighted by Crippen LogP contribution is 2.26. The lowest BCUT2D eigenvalue weighted by Gasteiger charge is -2.39. The third kappa shape index (κ3) is 2.73. The maximum atomic E-state index is 12.3. The Bertz CT molecular complexity index is 809. The molecule has 0 saturated carbocycles. The molecular weight excluding hydrogens is 300 g/mol. The van der Waals surface area contributed by atoms with Crippen molar-refractivity contribution >= 4 is 21.5 Å². The molecule has 2 aromatic rings. The van der Waals surface area contributed by atoms with E-state index in [-0.39, 0.29) is 0 Å². The van der Waals surface area contributed by atoms with Gasteiger partial charge in [0.15, 0.2) is 0 Å².